The minimum atomic E-state index is 0.366. The maximum absolute atomic E-state index is 6.15. The summed E-state index contributed by atoms with van der Waals surface area (Å²) < 4.78 is 0. The fourth-order valence-corrected chi connectivity index (χ4v) is 4.29. The lowest BCUT2D eigenvalue weighted by Gasteiger charge is -2.42. The summed E-state index contributed by atoms with van der Waals surface area (Å²) in [6, 6.07) is 4.39. The first kappa shape index (κ1) is 15.0. The Bertz CT molecular complexity index is 363. The van der Waals surface area contributed by atoms with Crippen molar-refractivity contribution in [3.8, 4) is 0 Å². The van der Waals surface area contributed by atoms with Gasteiger partial charge in [-0.25, -0.2) is 0 Å². The predicted molar refractivity (Wildman–Crippen MR) is 84.4 cm³/mol. The third-order valence-electron chi connectivity index (χ3n) is 4.58. The highest BCUT2D eigenvalue weighted by Gasteiger charge is 2.35. The number of nitrogens with zero attached hydrogens (tertiary/aromatic N) is 1. The van der Waals surface area contributed by atoms with Crippen LogP contribution in [0.25, 0.3) is 0 Å². The van der Waals surface area contributed by atoms with Gasteiger partial charge in [-0.2, -0.15) is 0 Å². The molecule has 3 heteroatoms. The average molecular weight is 280 g/mol. The molecule has 2 nitrogen and oxygen atoms in total. The van der Waals surface area contributed by atoms with Crippen molar-refractivity contribution in [3.05, 3.63) is 22.4 Å². The second-order valence-electron chi connectivity index (χ2n) is 6.29. The molecule has 19 heavy (non-hydrogen) atoms. The molecule has 0 radical (unpaired) electrons. The van der Waals surface area contributed by atoms with Crippen molar-refractivity contribution >= 4 is 11.3 Å². The Morgan fingerprint density at radius 3 is 2.95 bits per heavy atom. The maximum atomic E-state index is 6.15. The number of nitrogens with two attached hydrogens (primary N) is 1. The lowest BCUT2D eigenvalue weighted by atomic mass is 9.69. The molecule has 1 aliphatic rings. The second kappa shape index (κ2) is 6.87. The summed E-state index contributed by atoms with van der Waals surface area (Å²) in [6.45, 7) is 8.88. The van der Waals surface area contributed by atoms with Crippen LogP contribution in [0.3, 0.4) is 0 Å². The fraction of sp³-hybridized carbons (Fsp3) is 0.750. The molecule has 0 amide bonds. The molecule has 2 N–H and O–H groups in total. The monoisotopic (exact) mass is 280 g/mol. The number of thiophene rings is 1. The Hall–Kier alpha value is -0.380. The van der Waals surface area contributed by atoms with Gasteiger partial charge in [-0.1, -0.05) is 32.8 Å². The fourth-order valence-electron chi connectivity index (χ4n) is 3.54. The van der Waals surface area contributed by atoms with Crippen LogP contribution in [0, 0.1) is 11.3 Å². The first-order chi connectivity index (χ1) is 9.17. The van der Waals surface area contributed by atoms with Crippen LogP contribution in [0.1, 0.15) is 44.4 Å². The van der Waals surface area contributed by atoms with E-state index in [1.807, 2.05) is 11.3 Å². The SMILES string of the molecule is CCN(Cc1cccs1)CC1(CN)CCCC(C)C1. The van der Waals surface area contributed by atoms with E-state index >= 15 is 0 Å². The van der Waals surface area contributed by atoms with Crippen LogP contribution in [-0.2, 0) is 6.54 Å². The molecule has 2 unspecified atom stereocenters. The summed E-state index contributed by atoms with van der Waals surface area (Å²) in [4.78, 5) is 4.05. The summed E-state index contributed by atoms with van der Waals surface area (Å²) >= 11 is 1.86. The minimum Gasteiger partial charge on any atom is -0.330 e. The van der Waals surface area contributed by atoms with E-state index in [0.29, 0.717) is 5.41 Å². The van der Waals surface area contributed by atoms with E-state index in [4.69, 9.17) is 5.73 Å². The van der Waals surface area contributed by atoms with Gasteiger partial charge in [0.2, 0.25) is 0 Å². The number of rotatable bonds is 6. The van der Waals surface area contributed by atoms with Gasteiger partial charge in [0.15, 0.2) is 0 Å². The van der Waals surface area contributed by atoms with Gasteiger partial charge in [-0.05, 0) is 48.7 Å². The van der Waals surface area contributed by atoms with Gasteiger partial charge in [0.05, 0.1) is 0 Å². The Kier molecular flexibility index (Phi) is 5.43. The average Bonchev–Trinajstić information content (AvgIpc) is 2.91. The molecular weight excluding hydrogens is 252 g/mol. The first-order valence-corrected chi connectivity index (χ1v) is 8.50. The molecule has 1 aromatic heterocycles. The van der Waals surface area contributed by atoms with Crippen LogP contribution in [0.4, 0.5) is 0 Å². The highest BCUT2D eigenvalue weighted by Crippen LogP contribution is 2.39. The molecule has 2 rings (SSSR count). The number of hydrogen-bond donors (Lipinski definition) is 1. The van der Waals surface area contributed by atoms with E-state index in [2.05, 4.69) is 36.3 Å². The molecule has 2 atom stereocenters. The molecule has 0 saturated heterocycles. The lowest BCUT2D eigenvalue weighted by molar-refractivity contribution is 0.0877. The van der Waals surface area contributed by atoms with Crippen molar-refractivity contribution in [1.82, 2.24) is 4.90 Å². The van der Waals surface area contributed by atoms with Gasteiger partial charge in [-0.15, -0.1) is 11.3 Å². The van der Waals surface area contributed by atoms with Gasteiger partial charge in [0.1, 0.15) is 0 Å². The van der Waals surface area contributed by atoms with E-state index in [9.17, 15) is 0 Å². The zero-order valence-electron chi connectivity index (χ0n) is 12.4. The summed E-state index contributed by atoms with van der Waals surface area (Å²) in [7, 11) is 0. The Morgan fingerprint density at radius 2 is 2.37 bits per heavy atom. The largest absolute Gasteiger partial charge is 0.330 e. The van der Waals surface area contributed by atoms with Crippen molar-refractivity contribution in [3.63, 3.8) is 0 Å². The standard InChI is InChI=1S/C16H28N2S/c1-3-18(11-15-7-5-9-19-15)13-16(12-17)8-4-6-14(2)10-16/h5,7,9,14H,3-4,6,8,10-13,17H2,1-2H3. The minimum absolute atomic E-state index is 0.366. The third kappa shape index (κ3) is 4.04. The van der Waals surface area contributed by atoms with Gasteiger partial charge in [0.25, 0.3) is 0 Å². The maximum Gasteiger partial charge on any atom is 0.0328 e. The summed E-state index contributed by atoms with van der Waals surface area (Å²) in [5, 5.41) is 2.17. The van der Waals surface area contributed by atoms with Crippen LogP contribution < -0.4 is 5.73 Å². The zero-order chi connectivity index (χ0) is 13.7. The molecule has 0 aliphatic heterocycles. The van der Waals surface area contributed by atoms with Crippen molar-refractivity contribution in [2.75, 3.05) is 19.6 Å². The summed E-state index contributed by atoms with van der Waals surface area (Å²) in [5.41, 5.74) is 6.52. The molecule has 0 bridgehead atoms. The van der Waals surface area contributed by atoms with Crippen LogP contribution >= 0.6 is 11.3 Å². The Balaban J connectivity index is 1.98. The van der Waals surface area contributed by atoms with Gasteiger partial charge in [0, 0.05) is 18.0 Å². The van der Waals surface area contributed by atoms with Crippen molar-refractivity contribution in [2.24, 2.45) is 17.1 Å². The molecule has 1 aromatic rings. The highest BCUT2D eigenvalue weighted by molar-refractivity contribution is 7.09. The van der Waals surface area contributed by atoms with Gasteiger partial charge < -0.3 is 5.73 Å². The highest BCUT2D eigenvalue weighted by atomic mass is 32.1. The molecule has 1 aliphatic carbocycles. The quantitative estimate of drug-likeness (QED) is 0.860. The van der Waals surface area contributed by atoms with Crippen LogP contribution in [0.2, 0.25) is 0 Å². The van der Waals surface area contributed by atoms with E-state index in [1.165, 1.54) is 37.1 Å². The van der Waals surface area contributed by atoms with E-state index in [1.54, 1.807) is 0 Å². The number of hydrogen-bond acceptors (Lipinski definition) is 3. The molecule has 0 aromatic carbocycles. The second-order valence-corrected chi connectivity index (χ2v) is 7.32. The molecular formula is C16H28N2S. The van der Waals surface area contributed by atoms with E-state index < -0.39 is 0 Å². The van der Waals surface area contributed by atoms with Crippen LogP contribution in [0.15, 0.2) is 17.5 Å². The van der Waals surface area contributed by atoms with E-state index in [0.717, 1.165) is 25.6 Å². The lowest BCUT2D eigenvalue weighted by Crippen LogP contribution is -2.45. The van der Waals surface area contributed by atoms with Crippen molar-refractivity contribution in [1.29, 1.82) is 0 Å². The molecule has 1 fully saturated rings. The topological polar surface area (TPSA) is 29.3 Å². The van der Waals surface area contributed by atoms with Gasteiger partial charge in [-0.3, -0.25) is 4.90 Å². The zero-order valence-corrected chi connectivity index (χ0v) is 13.2. The normalized spacial score (nSPS) is 27.9. The van der Waals surface area contributed by atoms with Crippen molar-refractivity contribution < 1.29 is 0 Å². The molecule has 1 heterocycles. The van der Waals surface area contributed by atoms with Crippen molar-refractivity contribution in [2.45, 2.75) is 46.1 Å². The molecule has 108 valence electrons. The first-order valence-electron chi connectivity index (χ1n) is 7.62. The molecule has 0 spiro atoms. The van der Waals surface area contributed by atoms with Crippen LogP contribution in [-0.4, -0.2) is 24.5 Å². The Labute approximate surface area is 122 Å². The summed E-state index contributed by atoms with van der Waals surface area (Å²) in [5.74, 6) is 0.845. The smallest absolute Gasteiger partial charge is 0.0328 e. The summed E-state index contributed by atoms with van der Waals surface area (Å²) in [6.07, 6.45) is 5.37. The predicted octanol–water partition coefficient (Wildman–Crippen LogP) is 3.73. The van der Waals surface area contributed by atoms with Crippen LogP contribution in [0.5, 0.6) is 0 Å². The Morgan fingerprint density at radius 1 is 1.53 bits per heavy atom. The van der Waals surface area contributed by atoms with E-state index in [-0.39, 0.29) is 0 Å². The molecule has 1 saturated carbocycles. The van der Waals surface area contributed by atoms with Gasteiger partial charge >= 0.3 is 0 Å². The third-order valence-corrected chi connectivity index (χ3v) is 5.45.